The Labute approximate surface area is 142 Å². The molecule has 0 saturated heterocycles. The molecule has 0 radical (unpaired) electrons. The smallest absolute Gasteiger partial charge is 0.258 e. The zero-order chi connectivity index (χ0) is 17.2. The molecule has 0 N–H and O–H groups in total. The Morgan fingerprint density at radius 2 is 1.56 bits per heavy atom. The molecule has 0 aliphatic heterocycles. The third kappa shape index (κ3) is 2.74. The van der Waals surface area contributed by atoms with Gasteiger partial charge in [-0.2, -0.15) is 0 Å². The van der Waals surface area contributed by atoms with Crippen LogP contribution >= 0.6 is 0 Å². The van der Waals surface area contributed by atoms with Crippen LogP contribution < -0.4 is 0 Å². The zero-order valence-corrected chi connectivity index (χ0v) is 13.1. The van der Waals surface area contributed by atoms with Gasteiger partial charge in [-0.3, -0.25) is 10.1 Å². The topological polar surface area (TPSA) is 82.1 Å². The van der Waals surface area contributed by atoms with Crippen LogP contribution in [0.4, 0.5) is 5.69 Å². The van der Waals surface area contributed by atoms with E-state index in [1.54, 1.807) is 6.07 Å². The van der Waals surface area contributed by atoms with Gasteiger partial charge < -0.3 is 0 Å². The number of hydrogen-bond acceptors (Lipinski definition) is 5. The number of nitro groups is 1. The van der Waals surface area contributed by atoms with Gasteiger partial charge in [-0.1, -0.05) is 54.6 Å². The number of non-ortho nitro benzene ring substituents is 1. The van der Waals surface area contributed by atoms with Crippen LogP contribution in [-0.2, 0) is 6.42 Å². The van der Waals surface area contributed by atoms with Crippen molar-refractivity contribution in [2.24, 2.45) is 0 Å². The molecule has 0 saturated carbocycles. The molecule has 4 rings (SSSR count). The molecule has 3 aromatic carbocycles. The van der Waals surface area contributed by atoms with Crippen molar-refractivity contribution in [2.45, 2.75) is 6.42 Å². The molecule has 0 aliphatic rings. The van der Waals surface area contributed by atoms with Crippen molar-refractivity contribution in [1.82, 2.24) is 10.3 Å². The van der Waals surface area contributed by atoms with Crippen LogP contribution in [0.25, 0.3) is 22.2 Å². The molecule has 0 aliphatic carbocycles. The van der Waals surface area contributed by atoms with E-state index < -0.39 is 4.92 Å². The number of aromatic nitrogens is 2. The molecule has 0 bridgehead atoms. The molecule has 1 heterocycles. The fourth-order valence-electron chi connectivity index (χ4n) is 2.97. The summed E-state index contributed by atoms with van der Waals surface area (Å²) in [6.07, 6.45) is 0.577. The molecule has 6 nitrogen and oxygen atoms in total. The number of nitrogens with zero attached hydrogens (tertiary/aromatic N) is 3. The fourth-order valence-corrected chi connectivity index (χ4v) is 2.97. The van der Waals surface area contributed by atoms with Gasteiger partial charge in [0.25, 0.3) is 0 Å². The summed E-state index contributed by atoms with van der Waals surface area (Å²) < 4.78 is 4.74. The highest BCUT2D eigenvalue weighted by molar-refractivity contribution is 5.86. The Morgan fingerprint density at radius 3 is 2.36 bits per heavy atom. The van der Waals surface area contributed by atoms with Gasteiger partial charge in [-0.15, -0.1) is 0 Å². The lowest BCUT2D eigenvalue weighted by Gasteiger charge is -2.10. The highest BCUT2D eigenvalue weighted by Gasteiger charge is 2.20. The van der Waals surface area contributed by atoms with Gasteiger partial charge >= 0.3 is 5.69 Å². The van der Waals surface area contributed by atoms with Crippen LogP contribution in [0.3, 0.4) is 0 Å². The normalized spacial score (nSPS) is 10.9. The van der Waals surface area contributed by atoms with Crippen LogP contribution in [-0.4, -0.2) is 15.2 Å². The molecule has 4 aromatic rings. The van der Waals surface area contributed by atoms with E-state index in [4.69, 9.17) is 4.63 Å². The maximum absolute atomic E-state index is 11.1. The van der Waals surface area contributed by atoms with Crippen LogP contribution in [0, 0.1) is 10.1 Å². The molecular weight excluding hydrogens is 318 g/mol. The summed E-state index contributed by atoms with van der Waals surface area (Å²) in [6.45, 7) is 0. The monoisotopic (exact) mass is 331 g/mol. The Balaban J connectivity index is 1.80. The highest BCUT2D eigenvalue weighted by Crippen LogP contribution is 2.30. The molecule has 6 heteroatoms. The lowest BCUT2D eigenvalue weighted by atomic mass is 9.94. The summed E-state index contributed by atoms with van der Waals surface area (Å²) >= 11 is 0. The van der Waals surface area contributed by atoms with E-state index in [0.717, 1.165) is 22.3 Å². The molecule has 25 heavy (non-hydrogen) atoms. The fraction of sp³-hybridized carbons (Fsp3) is 0.0526. The van der Waals surface area contributed by atoms with Crippen LogP contribution in [0.5, 0.6) is 0 Å². The first-order chi connectivity index (χ1) is 12.2. The van der Waals surface area contributed by atoms with Gasteiger partial charge in [-0.05, 0) is 38.6 Å². The van der Waals surface area contributed by atoms with E-state index in [0.29, 0.717) is 11.9 Å². The molecule has 0 spiro atoms. The number of benzene rings is 3. The second kappa shape index (κ2) is 6.16. The van der Waals surface area contributed by atoms with Crippen LogP contribution in [0.15, 0.2) is 71.4 Å². The first-order valence-electron chi connectivity index (χ1n) is 7.76. The average Bonchev–Trinajstić information content (AvgIpc) is 3.13. The van der Waals surface area contributed by atoms with E-state index in [2.05, 4.69) is 28.5 Å². The maximum Gasteiger partial charge on any atom is 0.300 e. The molecular formula is C19H13N3O3. The predicted molar refractivity (Wildman–Crippen MR) is 93.1 cm³/mol. The summed E-state index contributed by atoms with van der Waals surface area (Å²) in [5.41, 5.74) is 4.69. The van der Waals surface area contributed by atoms with Crippen molar-refractivity contribution in [3.05, 3.63) is 88.0 Å². The summed E-state index contributed by atoms with van der Waals surface area (Å²) in [6, 6.07) is 21.3. The number of fused-ring (bicyclic) bond motifs is 1. The minimum atomic E-state index is -0.478. The Kier molecular flexibility index (Phi) is 3.70. The number of hydrogen-bond donors (Lipinski definition) is 0. The second-order valence-corrected chi connectivity index (χ2v) is 5.66. The Morgan fingerprint density at radius 1 is 0.840 bits per heavy atom. The molecule has 1 aromatic heterocycles. The summed E-state index contributed by atoms with van der Waals surface area (Å²) in [7, 11) is 0. The standard InChI is InChI=1S/C19H13N3O3/c23-22(24)17-11-10-15(18-19(17)21-25-20-18)12-14-8-4-5-9-16(14)13-6-2-1-3-7-13/h1-11H,12H2. The Hall–Kier alpha value is -3.54. The first kappa shape index (κ1) is 15.0. The summed E-state index contributed by atoms with van der Waals surface area (Å²) in [4.78, 5) is 10.6. The van der Waals surface area contributed by atoms with Crippen molar-refractivity contribution >= 4 is 16.7 Å². The highest BCUT2D eigenvalue weighted by atomic mass is 16.6. The van der Waals surface area contributed by atoms with Gasteiger partial charge in [0.05, 0.1) is 4.92 Å². The minimum absolute atomic E-state index is 0.101. The van der Waals surface area contributed by atoms with Gasteiger partial charge in [-0.25, -0.2) is 4.63 Å². The summed E-state index contributed by atoms with van der Waals surface area (Å²) in [5, 5.41) is 18.7. The minimum Gasteiger partial charge on any atom is -0.258 e. The maximum atomic E-state index is 11.1. The van der Waals surface area contributed by atoms with Gasteiger partial charge in [0.2, 0.25) is 5.52 Å². The molecule has 0 amide bonds. The van der Waals surface area contributed by atoms with Crippen LogP contribution in [0.2, 0.25) is 0 Å². The van der Waals surface area contributed by atoms with Crippen molar-refractivity contribution < 1.29 is 9.55 Å². The lowest BCUT2D eigenvalue weighted by Crippen LogP contribution is -1.96. The van der Waals surface area contributed by atoms with Crippen molar-refractivity contribution in [3.8, 4) is 11.1 Å². The van der Waals surface area contributed by atoms with Gasteiger partial charge in [0.1, 0.15) is 5.52 Å². The largest absolute Gasteiger partial charge is 0.300 e. The SMILES string of the molecule is O=[N+]([O-])c1ccc(Cc2ccccc2-c2ccccc2)c2nonc12. The zero-order valence-electron chi connectivity index (χ0n) is 13.1. The number of rotatable bonds is 4. The Bertz CT molecular complexity index is 1060. The first-order valence-corrected chi connectivity index (χ1v) is 7.76. The van der Waals surface area contributed by atoms with Crippen molar-refractivity contribution in [2.75, 3.05) is 0 Å². The predicted octanol–water partition coefficient (Wildman–Crippen LogP) is 4.39. The van der Waals surface area contributed by atoms with E-state index in [9.17, 15) is 10.1 Å². The molecule has 0 fully saturated rings. The average molecular weight is 331 g/mol. The van der Waals surface area contributed by atoms with E-state index >= 15 is 0 Å². The third-order valence-electron chi connectivity index (χ3n) is 4.16. The van der Waals surface area contributed by atoms with Gasteiger partial charge in [0.15, 0.2) is 0 Å². The van der Waals surface area contributed by atoms with Gasteiger partial charge in [0, 0.05) is 12.5 Å². The molecule has 0 atom stereocenters. The van der Waals surface area contributed by atoms with Crippen molar-refractivity contribution in [1.29, 1.82) is 0 Å². The van der Waals surface area contributed by atoms with E-state index in [-0.39, 0.29) is 11.2 Å². The van der Waals surface area contributed by atoms with Crippen LogP contribution in [0.1, 0.15) is 11.1 Å². The second-order valence-electron chi connectivity index (χ2n) is 5.66. The quantitative estimate of drug-likeness (QED) is 0.409. The number of nitro benzene ring substituents is 1. The molecule has 122 valence electrons. The van der Waals surface area contributed by atoms with E-state index in [1.165, 1.54) is 6.07 Å². The molecule has 0 unspecified atom stereocenters. The van der Waals surface area contributed by atoms with E-state index in [1.807, 2.05) is 36.4 Å². The van der Waals surface area contributed by atoms with Crippen molar-refractivity contribution in [3.63, 3.8) is 0 Å². The third-order valence-corrected chi connectivity index (χ3v) is 4.16. The summed E-state index contributed by atoms with van der Waals surface area (Å²) in [5.74, 6) is 0. The lowest BCUT2D eigenvalue weighted by molar-refractivity contribution is -0.383.